The number of Topliss-reactive ketones (excluding diaryl/α,β-unsaturated/α-hetero) is 1. The van der Waals surface area contributed by atoms with E-state index in [2.05, 4.69) is 45.0 Å². The Morgan fingerprint density at radius 3 is 2.26 bits per heavy atom. The fraction of sp³-hybridized carbons (Fsp3) is 0.278. The van der Waals surface area contributed by atoms with Crippen molar-refractivity contribution in [2.45, 2.75) is 32.6 Å². The summed E-state index contributed by atoms with van der Waals surface area (Å²) >= 11 is 0. The van der Waals surface area contributed by atoms with Crippen molar-refractivity contribution in [3.63, 3.8) is 0 Å². The highest BCUT2D eigenvalue weighted by Crippen LogP contribution is 2.36. The van der Waals surface area contributed by atoms with Crippen LogP contribution in [0, 0.1) is 0 Å². The lowest BCUT2D eigenvalue weighted by atomic mass is 9.79. The summed E-state index contributed by atoms with van der Waals surface area (Å²) in [5.74, 6) is 0.228. The summed E-state index contributed by atoms with van der Waals surface area (Å²) in [5, 5.41) is 0. The fourth-order valence-corrected chi connectivity index (χ4v) is 2.68. The Morgan fingerprint density at radius 1 is 0.895 bits per heavy atom. The molecule has 2 aromatic carbocycles. The van der Waals surface area contributed by atoms with Crippen LogP contribution in [-0.4, -0.2) is 5.78 Å². The SMILES string of the molecule is CC(C)(C)c1ccc2c(c1)-c1ccccc1C(=O)C2. The van der Waals surface area contributed by atoms with Crippen LogP contribution in [0.15, 0.2) is 42.5 Å². The first kappa shape index (κ1) is 12.2. The van der Waals surface area contributed by atoms with E-state index in [9.17, 15) is 4.79 Å². The monoisotopic (exact) mass is 250 g/mol. The maximum Gasteiger partial charge on any atom is 0.167 e. The number of carbonyl (C=O) groups is 1. The predicted molar refractivity (Wildman–Crippen MR) is 78.6 cm³/mol. The molecule has 0 saturated carbocycles. The van der Waals surface area contributed by atoms with Crippen LogP contribution < -0.4 is 0 Å². The standard InChI is InChI=1S/C18H18O/c1-18(2,3)13-9-8-12-10-17(19)15-7-5-4-6-14(15)16(12)11-13/h4-9,11H,10H2,1-3H3. The second kappa shape index (κ2) is 4.06. The van der Waals surface area contributed by atoms with E-state index in [-0.39, 0.29) is 11.2 Å². The molecule has 0 N–H and O–H groups in total. The average Bonchev–Trinajstić information content (AvgIpc) is 2.37. The molecular weight excluding hydrogens is 232 g/mol. The van der Waals surface area contributed by atoms with Crippen molar-refractivity contribution >= 4 is 5.78 Å². The molecule has 0 heterocycles. The van der Waals surface area contributed by atoms with E-state index in [1.54, 1.807) is 0 Å². The summed E-state index contributed by atoms with van der Waals surface area (Å²) in [6.45, 7) is 6.65. The van der Waals surface area contributed by atoms with Gasteiger partial charge in [0, 0.05) is 12.0 Å². The summed E-state index contributed by atoms with van der Waals surface area (Å²) in [6.07, 6.45) is 0.525. The van der Waals surface area contributed by atoms with Gasteiger partial charge in [-0.2, -0.15) is 0 Å². The highest BCUT2D eigenvalue weighted by molar-refractivity contribution is 6.07. The minimum Gasteiger partial charge on any atom is -0.294 e. The Hall–Kier alpha value is -1.89. The second-order valence-corrected chi connectivity index (χ2v) is 6.27. The van der Waals surface area contributed by atoms with Gasteiger partial charge < -0.3 is 0 Å². The Bertz CT molecular complexity index is 660. The molecule has 1 aliphatic rings. The van der Waals surface area contributed by atoms with Gasteiger partial charge in [-0.3, -0.25) is 4.79 Å². The molecule has 1 heteroatoms. The van der Waals surface area contributed by atoms with Crippen molar-refractivity contribution in [1.29, 1.82) is 0 Å². The molecule has 3 rings (SSSR count). The molecule has 0 radical (unpaired) electrons. The lowest BCUT2D eigenvalue weighted by molar-refractivity contribution is 0.0992. The zero-order valence-corrected chi connectivity index (χ0v) is 11.7. The molecule has 19 heavy (non-hydrogen) atoms. The van der Waals surface area contributed by atoms with Crippen molar-refractivity contribution < 1.29 is 4.79 Å². The molecule has 0 saturated heterocycles. The Morgan fingerprint density at radius 2 is 1.58 bits per heavy atom. The van der Waals surface area contributed by atoms with Gasteiger partial charge >= 0.3 is 0 Å². The van der Waals surface area contributed by atoms with E-state index in [1.807, 2.05) is 18.2 Å². The minimum absolute atomic E-state index is 0.130. The molecule has 0 atom stereocenters. The largest absolute Gasteiger partial charge is 0.294 e. The summed E-state index contributed by atoms with van der Waals surface area (Å²) in [6, 6.07) is 14.5. The van der Waals surface area contributed by atoms with E-state index >= 15 is 0 Å². The molecule has 0 bridgehead atoms. The molecule has 0 spiro atoms. The normalized spacial score (nSPS) is 13.9. The van der Waals surface area contributed by atoms with Crippen LogP contribution in [-0.2, 0) is 11.8 Å². The van der Waals surface area contributed by atoms with Gasteiger partial charge in [0.2, 0.25) is 0 Å². The first-order chi connectivity index (χ1) is 8.97. The maximum atomic E-state index is 12.1. The molecule has 1 nitrogen and oxygen atoms in total. The van der Waals surface area contributed by atoms with Crippen molar-refractivity contribution in [3.05, 3.63) is 59.2 Å². The van der Waals surface area contributed by atoms with Crippen molar-refractivity contribution in [2.75, 3.05) is 0 Å². The molecule has 0 fully saturated rings. The van der Waals surface area contributed by atoms with Gasteiger partial charge in [-0.05, 0) is 27.7 Å². The van der Waals surface area contributed by atoms with Crippen LogP contribution in [0.1, 0.15) is 42.3 Å². The fourth-order valence-electron chi connectivity index (χ4n) is 2.68. The quantitative estimate of drug-likeness (QED) is 0.677. The lowest BCUT2D eigenvalue weighted by Gasteiger charge is -2.24. The third kappa shape index (κ3) is 1.99. The molecule has 2 aromatic rings. The molecule has 1 aliphatic carbocycles. The van der Waals surface area contributed by atoms with Gasteiger partial charge in [0.1, 0.15) is 0 Å². The number of rotatable bonds is 0. The molecular formula is C18H18O. The van der Waals surface area contributed by atoms with Crippen LogP contribution in [0.25, 0.3) is 11.1 Å². The molecule has 0 aliphatic heterocycles. The minimum atomic E-state index is 0.130. The zero-order valence-electron chi connectivity index (χ0n) is 11.7. The van der Waals surface area contributed by atoms with Gasteiger partial charge in [0.25, 0.3) is 0 Å². The molecule has 0 unspecified atom stereocenters. The first-order valence-electron chi connectivity index (χ1n) is 6.73. The highest BCUT2D eigenvalue weighted by Gasteiger charge is 2.24. The van der Waals surface area contributed by atoms with Crippen LogP contribution in [0.2, 0.25) is 0 Å². The highest BCUT2D eigenvalue weighted by atomic mass is 16.1. The second-order valence-electron chi connectivity index (χ2n) is 6.27. The number of hydrogen-bond acceptors (Lipinski definition) is 1. The van der Waals surface area contributed by atoms with Crippen LogP contribution >= 0.6 is 0 Å². The van der Waals surface area contributed by atoms with Crippen LogP contribution in [0.5, 0.6) is 0 Å². The van der Waals surface area contributed by atoms with E-state index in [1.165, 1.54) is 11.1 Å². The Balaban J connectivity index is 2.24. The summed E-state index contributed by atoms with van der Waals surface area (Å²) < 4.78 is 0. The van der Waals surface area contributed by atoms with E-state index in [4.69, 9.17) is 0 Å². The van der Waals surface area contributed by atoms with Crippen LogP contribution in [0.4, 0.5) is 0 Å². The average molecular weight is 250 g/mol. The summed E-state index contributed by atoms with van der Waals surface area (Å²) in [4.78, 5) is 12.1. The van der Waals surface area contributed by atoms with Gasteiger partial charge in [0.05, 0.1) is 0 Å². The lowest BCUT2D eigenvalue weighted by Crippen LogP contribution is -2.15. The van der Waals surface area contributed by atoms with Gasteiger partial charge in [-0.1, -0.05) is 63.2 Å². The summed E-state index contributed by atoms with van der Waals surface area (Å²) in [7, 11) is 0. The predicted octanol–water partition coefficient (Wildman–Crippen LogP) is 4.39. The van der Waals surface area contributed by atoms with E-state index < -0.39 is 0 Å². The summed E-state index contributed by atoms with van der Waals surface area (Å²) in [5.41, 5.74) is 5.77. The number of benzene rings is 2. The van der Waals surface area contributed by atoms with Crippen molar-refractivity contribution in [1.82, 2.24) is 0 Å². The number of fused-ring (bicyclic) bond motifs is 3. The molecule has 0 amide bonds. The number of hydrogen-bond donors (Lipinski definition) is 0. The van der Waals surface area contributed by atoms with E-state index in [0.717, 1.165) is 16.7 Å². The first-order valence-corrected chi connectivity index (χ1v) is 6.73. The Labute approximate surface area is 114 Å². The molecule has 96 valence electrons. The van der Waals surface area contributed by atoms with Gasteiger partial charge in [0.15, 0.2) is 5.78 Å². The third-order valence-electron chi connectivity index (χ3n) is 3.84. The van der Waals surface area contributed by atoms with E-state index in [0.29, 0.717) is 6.42 Å². The van der Waals surface area contributed by atoms with Crippen molar-refractivity contribution in [2.24, 2.45) is 0 Å². The molecule has 0 aromatic heterocycles. The smallest absolute Gasteiger partial charge is 0.167 e. The third-order valence-corrected chi connectivity index (χ3v) is 3.84. The number of ketones is 1. The Kier molecular flexibility index (Phi) is 2.60. The number of carbonyl (C=O) groups excluding carboxylic acids is 1. The maximum absolute atomic E-state index is 12.1. The zero-order chi connectivity index (χ0) is 13.6. The van der Waals surface area contributed by atoms with Crippen molar-refractivity contribution in [3.8, 4) is 11.1 Å². The van der Waals surface area contributed by atoms with Gasteiger partial charge in [-0.15, -0.1) is 0 Å². The van der Waals surface area contributed by atoms with Gasteiger partial charge in [-0.25, -0.2) is 0 Å². The van der Waals surface area contributed by atoms with Crippen LogP contribution in [0.3, 0.4) is 0 Å². The topological polar surface area (TPSA) is 17.1 Å².